The molecule has 1 N–H and O–H groups in total. The number of carbonyl (C=O) groups excluding carboxylic acids is 1. The normalized spacial score (nSPS) is 10.5. The number of benzene rings is 2. The molecular formula is C19H21BrN2OS. The van der Waals surface area contributed by atoms with E-state index in [-0.39, 0.29) is 29.3 Å². The standard InChI is InChI=1S/C19H20N2OS.BrH/c1-11-5-6-13(3)15(9-11)16(22)10-20-19-21-18-14(4)12(2)7-8-17(18)23-19;/h5-9H,10H2,1-4H3,(H,20,21);1H. The molecule has 3 rings (SSSR count). The largest absolute Gasteiger partial charge is 0.354 e. The Kier molecular flexibility index (Phi) is 5.78. The number of Topliss-reactive ketones (excluding diaryl/α,β-unsaturated/α-hetero) is 1. The van der Waals surface area contributed by atoms with Crippen LogP contribution in [0.1, 0.15) is 32.6 Å². The summed E-state index contributed by atoms with van der Waals surface area (Å²) < 4.78 is 1.15. The van der Waals surface area contributed by atoms with Crippen LogP contribution in [0.4, 0.5) is 5.13 Å². The first-order chi connectivity index (χ1) is 11.0. The summed E-state index contributed by atoms with van der Waals surface area (Å²) in [5.74, 6) is 0.0957. The molecule has 0 aliphatic carbocycles. The van der Waals surface area contributed by atoms with Crippen molar-refractivity contribution in [3.8, 4) is 0 Å². The van der Waals surface area contributed by atoms with Crippen molar-refractivity contribution in [2.45, 2.75) is 27.7 Å². The van der Waals surface area contributed by atoms with Crippen LogP contribution in [0.2, 0.25) is 0 Å². The van der Waals surface area contributed by atoms with Gasteiger partial charge in [-0.15, -0.1) is 17.0 Å². The fourth-order valence-corrected chi connectivity index (χ4v) is 3.51. The second kappa shape index (κ2) is 7.45. The number of hydrogen-bond donors (Lipinski definition) is 1. The molecule has 0 radical (unpaired) electrons. The lowest BCUT2D eigenvalue weighted by Gasteiger charge is -2.06. The van der Waals surface area contributed by atoms with Gasteiger partial charge in [-0.25, -0.2) is 4.98 Å². The van der Waals surface area contributed by atoms with E-state index in [4.69, 9.17) is 0 Å². The second-order valence-corrected chi connectivity index (χ2v) is 7.00. The summed E-state index contributed by atoms with van der Waals surface area (Å²) in [5, 5.41) is 3.98. The van der Waals surface area contributed by atoms with Crippen LogP contribution in [0.3, 0.4) is 0 Å². The fraction of sp³-hybridized carbons (Fsp3) is 0.263. The van der Waals surface area contributed by atoms with Crippen LogP contribution in [0.25, 0.3) is 10.2 Å². The molecule has 0 unspecified atom stereocenters. The number of aryl methyl sites for hydroxylation is 4. The van der Waals surface area contributed by atoms with Crippen LogP contribution in [0, 0.1) is 27.7 Å². The van der Waals surface area contributed by atoms with E-state index in [2.05, 4.69) is 36.3 Å². The highest BCUT2D eigenvalue weighted by molar-refractivity contribution is 8.93. The van der Waals surface area contributed by atoms with Crippen molar-refractivity contribution in [3.63, 3.8) is 0 Å². The zero-order valence-corrected chi connectivity index (χ0v) is 16.8. The van der Waals surface area contributed by atoms with E-state index in [1.165, 1.54) is 11.1 Å². The van der Waals surface area contributed by atoms with Gasteiger partial charge in [0.2, 0.25) is 0 Å². The summed E-state index contributed by atoms with van der Waals surface area (Å²) in [6.45, 7) is 8.41. The fourth-order valence-electron chi connectivity index (χ4n) is 2.59. The number of nitrogens with one attached hydrogen (secondary N) is 1. The first-order valence-corrected chi connectivity index (χ1v) is 8.48. The maximum Gasteiger partial charge on any atom is 0.184 e. The SMILES string of the molecule is Br.Cc1ccc(C)c(C(=O)CNc2nc3c(C)c(C)ccc3s2)c1. The number of nitrogens with zero attached hydrogens (tertiary/aromatic N) is 1. The number of hydrogen-bond acceptors (Lipinski definition) is 4. The molecular weight excluding hydrogens is 384 g/mol. The predicted molar refractivity (Wildman–Crippen MR) is 108 cm³/mol. The van der Waals surface area contributed by atoms with Gasteiger partial charge in [-0.1, -0.05) is 35.1 Å². The Morgan fingerprint density at radius 2 is 1.79 bits per heavy atom. The van der Waals surface area contributed by atoms with Gasteiger partial charge in [0.25, 0.3) is 0 Å². The van der Waals surface area contributed by atoms with Gasteiger partial charge in [0.05, 0.1) is 16.8 Å². The summed E-state index contributed by atoms with van der Waals surface area (Å²) in [4.78, 5) is 17.1. The van der Waals surface area contributed by atoms with Crippen molar-refractivity contribution in [2.24, 2.45) is 0 Å². The summed E-state index contributed by atoms with van der Waals surface area (Å²) in [7, 11) is 0. The first kappa shape index (κ1) is 18.6. The molecule has 0 fully saturated rings. The lowest BCUT2D eigenvalue weighted by atomic mass is 10.0. The van der Waals surface area contributed by atoms with Crippen molar-refractivity contribution < 1.29 is 4.79 Å². The van der Waals surface area contributed by atoms with Gasteiger partial charge in [-0.2, -0.15) is 0 Å². The second-order valence-electron chi connectivity index (χ2n) is 5.97. The highest BCUT2D eigenvalue weighted by Crippen LogP contribution is 2.29. The van der Waals surface area contributed by atoms with Gasteiger partial charge < -0.3 is 5.32 Å². The Hall–Kier alpha value is -1.72. The molecule has 0 atom stereocenters. The summed E-state index contributed by atoms with van der Waals surface area (Å²) >= 11 is 1.59. The quantitative estimate of drug-likeness (QED) is 0.591. The van der Waals surface area contributed by atoms with E-state index in [1.54, 1.807) is 11.3 Å². The minimum Gasteiger partial charge on any atom is -0.354 e. The van der Waals surface area contributed by atoms with E-state index < -0.39 is 0 Å². The number of fused-ring (bicyclic) bond motifs is 1. The predicted octanol–water partition coefficient (Wildman–Crippen LogP) is 5.40. The highest BCUT2D eigenvalue weighted by Gasteiger charge is 2.12. The van der Waals surface area contributed by atoms with Gasteiger partial charge in [0, 0.05) is 5.56 Å². The number of rotatable bonds is 4. The number of thiazole rings is 1. The van der Waals surface area contributed by atoms with Crippen molar-refractivity contribution >= 4 is 49.4 Å². The Labute approximate surface area is 156 Å². The van der Waals surface area contributed by atoms with Gasteiger partial charge in [0.1, 0.15) is 0 Å². The molecule has 24 heavy (non-hydrogen) atoms. The number of aromatic nitrogens is 1. The molecule has 3 nitrogen and oxygen atoms in total. The first-order valence-electron chi connectivity index (χ1n) is 7.67. The molecule has 0 aliphatic rings. The molecule has 0 saturated carbocycles. The average Bonchev–Trinajstić information content (AvgIpc) is 2.95. The summed E-state index contributed by atoms with van der Waals surface area (Å²) in [6, 6.07) is 10.2. The van der Waals surface area contributed by atoms with Crippen LogP contribution in [-0.2, 0) is 0 Å². The third-order valence-electron chi connectivity index (χ3n) is 4.18. The molecule has 1 heterocycles. The van der Waals surface area contributed by atoms with Crippen molar-refractivity contribution in [1.29, 1.82) is 0 Å². The Morgan fingerprint density at radius 1 is 1.08 bits per heavy atom. The Balaban J connectivity index is 0.00000208. The number of anilines is 1. The Bertz CT molecular complexity index is 902. The smallest absolute Gasteiger partial charge is 0.184 e. The highest BCUT2D eigenvalue weighted by atomic mass is 79.9. The molecule has 5 heteroatoms. The van der Waals surface area contributed by atoms with E-state index in [0.717, 1.165) is 32.0 Å². The third-order valence-corrected chi connectivity index (χ3v) is 5.16. The molecule has 0 spiro atoms. The average molecular weight is 405 g/mol. The number of halogens is 1. The molecule has 1 aromatic heterocycles. The molecule has 0 saturated heterocycles. The molecule has 0 amide bonds. The van der Waals surface area contributed by atoms with E-state index >= 15 is 0 Å². The Morgan fingerprint density at radius 3 is 2.54 bits per heavy atom. The third kappa shape index (κ3) is 3.68. The van der Waals surface area contributed by atoms with E-state index in [1.807, 2.05) is 32.0 Å². The van der Waals surface area contributed by atoms with E-state index in [9.17, 15) is 4.79 Å². The van der Waals surface area contributed by atoms with Crippen LogP contribution in [-0.4, -0.2) is 17.3 Å². The minimum atomic E-state index is 0. The van der Waals surface area contributed by atoms with Gasteiger partial charge in [-0.3, -0.25) is 4.79 Å². The zero-order valence-electron chi connectivity index (χ0n) is 14.3. The lowest BCUT2D eigenvalue weighted by molar-refractivity contribution is 0.101. The van der Waals surface area contributed by atoms with Crippen molar-refractivity contribution in [3.05, 3.63) is 58.1 Å². The number of carbonyl (C=O) groups is 1. The molecule has 126 valence electrons. The zero-order chi connectivity index (χ0) is 16.6. The summed E-state index contributed by atoms with van der Waals surface area (Å²) in [5.41, 5.74) is 6.36. The van der Waals surface area contributed by atoms with Gasteiger partial charge in [0.15, 0.2) is 10.9 Å². The van der Waals surface area contributed by atoms with Crippen LogP contribution < -0.4 is 5.32 Å². The topological polar surface area (TPSA) is 42.0 Å². The minimum absolute atomic E-state index is 0. The summed E-state index contributed by atoms with van der Waals surface area (Å²) in [6.07, 6.45) is 0. The molecule has 2 aromatic carbocycles. The van der Waals surface area contributed by atoms with Gasteiger partial charge in [-0.05, 0) is 56.5 Å². The van der Waals surface area contributed by atoms with E-state index in [0.29, 0.717) is 0 Å². The van der Waals surface area contributed by atoms with Crippen LogP contribution >= 0.6 is 28.3 Å². The molecule has 0 bridgehead atoms. The van der Waals surface area contributed by atoms with Crippen molar-refractivity contribution in [1.82, 2.24) is 4.98 Å². The van der Waals surface area contributed by atoms with Gasteiger partial charge >= 0.3 is 0 Å². The molecule has 3 aromatic rings. The molecule has 0 aliphatic heterocycles. The number of ketones is 1. The van der Waals surface area contributed by atoms with Crippen LogP contribution in [0.5, 0.6) is 0 Å². The monoisotopic (exact) mass is 404 g/mol. The lowest BCUT2D eigenvalue weighted by Crippen LogP contribution is -2.15. The van der Waals surface area contributed by atoms with Crippen LogP contribution in [0.15, 0.2) is 30.3 Å². The maximum atomic E-state index is 12.4. The van der Waals surface area contributed by atoms with Crippen molar-refractivity contribution in [2.75, 3.05) is 11.9 Å². The maximum absolute atomic E-state index is 12.4.